The molecule has 1 aromatic carbocycles. The minimum Gasteiger partial charge on any atom is -0.298 e. The Morgan fingerprint density at radius 3 is 2.35 bits per heavy atom. The molecule has 0 radical (unpaired) electrons. The molecule has 0 atom stereocenters. The van der Waals surface area contributed by atoms with Crippen LogP contribution in [0.3, 0.4) is 0 Å². The Hall–Kier alpha value is -1.51. The van der Waals surface area contributed by atoms with Crippen molar-refractivity contribution in [2.75, 3.05) is 0 Å². The average molecular weight is 263 g/mol. The van der Waals surface area contributed by atoms with Gasteiger partial charge < -0.3 is 0 Å². The van der Waals surface area contributed by atoms with Gasteiger partial charge in [0.15, 0.2) is 0 Å². The van der Waals surface area contributed by atoms with Crippen LogP contribution >= 0.6 is 23.2 Å². The first-order valence-corrected chi connectivity index (χ1v) is 5.88. The Morgan fingerprint density at radius 1 is 0.882 bits per heavy atom. The van der Waals surface area contributed by atoms with Gasteiger partial charge in [-0.25, -0.2) is 4.98 Å². The average Bonchev–Trinajstić information content (AvgIpc) is 2.73. The van der Waals surface area contributed by atoms with E-state index in [2.05, 4.69) is 4.98 Å². The fourth-order valence-electron chi connectivity index (χ4n) is 1.79. The molecule has 0 fully saturated rings. The molecule has 0 saturated heterocycles. The van der Waals surface area contributed by atoms with Gasteiger partial charge in [0, 0.05) is 16.8 Å². The van der Waals surface area contributed by atoms with Crippen molar-refractivity contribution in [3.05, 3.63) is 58.8 Å². The third-order valence-electron chi connectivity index (χ3n) is 2.61. The van der Waals surface area contributed by atoms with E-state index in [1.54, 1.807) is 0 Å². The number of benzene rings is 1. The first kappa shape index (κ1) is 10.6. The molecule has 0 aliphatic heterocycles. The number of aromatic nitrogens is 2. The lowest BCUT2D eigenvalue weighted by atomic mass is 10.2. The van der Waals surface area contributed by atoms with Crippen LogP contribution in [0.4, 0.5) is 0 Å². The Bertz CT molecular complexity index is 671. The van der Waals surface area contributed by atoms with Crippen molar-refractivity contribution in [1.29, 1.82) is 0 Å². The molecule has 3 aromatic rings. The second kappa shape index (κ2) is 4.06. The summed E-state index contributed by atoms with van der Waals surface area (Å²) in [6.07, 6.45) is 3.68. The van der Waals surface area contributed by atoms with Crippen molar-refractivity contribution >= 4 is 28.8 Å². The summed E-state index contributed by atoms with van der Waals surface area (Å²) < 4.78 is 1.96. The van der Waals surface area contributed by atoms with E-state index in [1.807, 2.05) is 53.2 Å². The Balaban J connectivity index is 2.23. The molecule has 0 saturated carbocycles. The van der Waals surface area contributed by atoms with E-state index in [-0.39, 0.29) is 0 Å². The summed E-state index contributed by atoms with van der Waals surface area (Å²) in [5.74, 6) is 0. The highest BCUT2D eigenvalue weighted by Crippen LogP contribution is 2.23. The van der Waals surface area contributed by atoms with E-state index < -0.39 is 0 Å². The second-order valence-electron chi connectivity index (χ2n) is 3.73. The third-order valence-corrected chi connectivity index (χ3v) is 3.09. The van der Waals surface area contributed by atoms with E-state index in [0.29, 0.717) is 5.02 Å². The predicted molar refractivity (Wildman–Crippen MR) is 70.6 cm³/mol. The van der Waals surface area contributed by atoms with E-state index in [1.165, 1.54) is 0 Å². The summed E-state index contributed by atoms with van der Waals surface area (Å²) in [5, 5.41) is 1.41. The summed E-state index contributed by atoms with van der Waals surface area (Å²) in [6, 6.07) is 11.4. The molecular formula is C13H8Cl2N2. The van der Waals surface area contributed by atoms with Crippen molar-refractivity contribution < 1.29 is 0 Å². The Kier molecular flexibility index (Phi) is 2.54. The van der Waals surface area contributed by atoms with Gasteiger partial charge in [-0.05, 0) is 24.3 Å². The zero-order chi connectivity index (χ0) is 11.8. The lowest BCUT2D eigenvalue weighted by Crippen LogP contribution is -1.87. The Labute approximate surface area is 108 Å². The maximum atomic E-state index is 5.99. The van der Waals surface area contributed by atoms with Crippen LogP contribution in [0.2, 0.25) is 10.0 Å². The zero-order valence-electron chi connectivity index (χ0n) is 8.77. The first-order valence-electron chi connectivity index (χ1n) is 5.12. The van der Waals surface area contributed by atoms with Gasteiger partial charge in [-0.2, -0.15) is 0 Å². The van der Waals surface area contributed by atoms with Gasteiger partial charge in [0.05, 0.1) is 16.9 Å². The minimum atomic E-state index is 0.686. The molecule has 0 aliphatic carbocycles. The summed E-state index contributed by atoms with van der Waals surface area (Å²) in [5.41, 5.74) is 2.93. The minimum absolute atomic E-state index is 0.686. The first-order chi connectivity index (χ1) is 8.24. The maximum Gasteiger partial charge on any atom is 0.137 e. The van der Waals surface area contributed by atoms with Crippen molar-refractivity contribution in [3.8, 4) is 11.3 Å². The number of imidazole rings is 1. The van der Waals surface area contributed by atoms with Gasteiger partial charge in [-0.1, -0.05) is 35.3 Å². The number of hydrogen-bond donors (Lipinski definition) is 0. The molecule has 0 aliphatic rings. The van der Waals surface area contributed by atoms with E-state index >= 15 is 0 Å². The molecule has 0 N–H and O–H groups in total. The standard InChI is InChI=1S/C13H8Cl2N2/c14-10-3-1-9(2-4-10)12-7-16-13-6-5-11(15)8-17(12)13/h1-8H. The summed E-state index contributed by atoms with van der Waals surface area (Å²) in [6.45, 7) is 0. The number of hydrogen-bond acceptors (Lipinski definition) is 1. The molecule has 2 nitrogen and oxygen atoms in total. The van der Waals surface area contributed by atoms with Crippen molar-refractivity contribution in [1.82, 2.24) is 9.38 Å². The molecule has 2 heterocycles. The third kappa shape index (κ3) is 1.90. The highest BCUT2D eigenvalue weighted by Gasteiger charge is 2.05. The summed E-state index contributed by atoms with van der Waals surface area (Å²) >= 11 is 11.9. The van der Waals surface area contributed by atoms with E-state index in [4.69, 9.17) is 23.2 Å². The molecule has 2 aromatic heterocycles. The topological polar surface area (TPSA) is 17.3 Å². The van der Waals surface area contributed by atoms with Crippen molar-refractivity contribution in [3.63, 3.8) is 0 Å². The number of pyridine rings is 1. The zero-order valence-corrected chi connectivity index (χ0v) is 10.3. The smallest absolute Gasteiger partial charge is 0.137 e. The molecule has 4 heteroatoms. The molecule has 3 rings (SSSR count). The molecular weight excluding hydrogens is 255 g/mol. The van der Waals surface area contributed by atoms with Crippen LogP contribution in [0, 0.1) is 0 Å². The predicted octanol–water partition coefficient (Wildman–Crippen LogP) is 4.31. The molecule has 17 heavy (non-hydrogen) atoms. The highest BCUT2D eigenvalue weighted by molar-refractivity contribution is 6.30. The monoisotopic (exact) mass is 262 g/mol. The van der Waals surface area contributed by atoms with Crippen LogP contribution < -0.4 is 0 Å². The SMILES string of the molecule is Clc1ccc(-c2cnc3ccc(Cl)cn23)cc1. The highest BCUT2D eigenvalue weighted by atomic mass is 35.5. The molecule has 0 bridgehead atoms. The van der Waals surface area contributed by atoms with Gasteiger partial charge in [0.1, 0.15) is 5.65 Å². The van der Waals surface area contributed by atoms with Crippen LogP contribution in [0.1, 0.15) is 0 Å². The van der Waals surface area contributed by atoms with Gasteiger partial charge in [0.2, 0.25) is 0 Å². The van der Waals surface area contributed by atoms with Crippen molar-refractivity contribution in [2.45, 2.75) is 0 Å². The number of halogens is 2. The van der Waals surface area contributed by atoms with Gasteiger partial charge in [0.25, 0.3) is 0 Å². The lowest BCUT2D eigenvalue weighted by molar-refractivity contribution is 1.19. The lowest BCUT2D eigenvalue weighted by Gasteiger charge is -2.02. The second-order valence-corrected chi connectivity index (χ2v) is 4.60. The van der Waals surface area contributed by atoms with Crippen LogP contribution in [-0.4, -0.2) is 9.38 Å². The summed E-state index contributed by atoms with van der Waals surface area (Å²) in [4.78, 5) is 4.33. The van der Waals surface area contributed by atoms with Crippen LogP contribution in [0.5, 0.6) is 0 Å². The molecule has 84 valence electrons. The van der Waals surface area contributed by atoms with E-state index in [9.17, 15) is 0 Å². The fraction of sp³-hybridized carbons (Fsp3) is 0. The molecule has 0 amide bonds. The number of rotatable bonds is 1. The van der Waals surface area contributed by atoms with Gasteiger partial charge in [-0.15, -0.1) is 0 Å². The maximum absolute atomic E-state index is 5.99. The van der Waals surface area contributed by atoms with E-state index in [0.717, 1.165) is 21.9 Å². The largest absolute Gasteiger partial charge is 0.298 e. The molecule has 0 unspecified atom stereocenters. The van der Waals surface area contributed by atoms with Gasteiger partial charge >= 0.3 is 0 Å². The van der Waals surface area contributed by atoms with Crippen LogP contribution in [0.25, 0.3) is 16.9 Å². The summed E-state index contributed by atoms with van der Waals surface area (Å²) in [7, 11) is 0. The number of fused-ring (bicyclic) bond motifs is 1. The van der Waals surface area contributed by atoms with Gasteiger partial charge in [-0.3, -0.25) is 4.40 Å². The van der Waals surface area contributed by atoms with Crippen LogP contribution in [-0.2, 0) is 0 Å². The van der Waals surface area contributed by atoms with Crippen LogP contribution in [0.15, 0.2) is 48.8 Å². The Morgan fingerprint density at radius 2 is 1.59 bits per heavy atom. The van der Waals surface area contributed by atoms with Crippen molar-refractivity contribution in [2.24, 2.45) is 0 Å². The fourth-order valence-corrected chi connectivity index (χ4v) is 2.08. The molecule has 0 spiro atoms. The quantitative estimate of drug-likeness (QED) is 0.639. The number of nitrogens with zero attached hydrogens (tertiary/aromatic N) is 2. The normalized spacial score (nSPS) is 10.9.